The average Bonchev–Trinajstić information content (AvgIpc) is 2.56. The van der Waals surface area contributed by atoms with Crippen molar-refractivity contribution in [1.29, 1.82) is 0 Å². The molecule has 2 nitrogen and oxygen atoms in total. The number of hydrogen-bond acceptors (Lipinski definition) is 3. The molecule has 1 fully saturated rings. The van der Waals surface area contributed by atoms with Gasteiger partial charge in [0.05, 0.1) is 13.2 Å². The van der Waals surface area contributed by atoms with E-state index in [-0.39, 0.29) is 6.10 Å². The molecular weight excluding hydrogens is 232 g/mol. The second-order valence-corrected chi connectivity index (χ2v) is 5.85. The molecule has 17 heavy (non-hydrogen) atoms. The average molecular weight is 252 g/mol. The van der Waals surface area contributed by atoms with Gasteiger partial charge in [0.1, 0.15) is 5.75 Å². The number of methoxy groups -OCH3 is 1. The molecule has 0 heterocycles. The van der Waals surface area contributed by atoms with Crippen LogP contribution in [0.2, 0.25) is 0 Å². The zero-order valence-electron chi connectivity index (χ0n) is 10.3. The minimum absolute atomic E-state index is 0.149. The van der Waals surface area contributed by atoms with E-state index in [4.69, 9.17) is 4.74 Å². The number of ether oxygens (including phenoxy) is 1. The number of thioether (sulfide) groups is 1. The Morgan fingerprint density at radius 1 is 1.12 bits per heavy atom. The van der Waals surface area contributed by atoms with Crippen LogP contribution in [0.15, 0.2) is 29.2 Å². The summed E-state index contributed by atoms with van der Waals surface area (Å²) in [6, 6.07) is 8.10. The first-order valence-electron chi connectivity index (χ1n) is 6.28. The Labute approximate surface area is 107 Å². The first kappa shape index (κ1) is 12.8. The van der Waals surface area contributed by atoms with Crippen LogP contribution in [-0.2, 0) is 0 Å². The fourth-order valence-corrected chi connectivity index (χ4v) is 3.44. The van der Waals surface area contributed by atoms with Gasteiger partial charge in [-0.25, -0.2) is 0 Å². The first-order chi connectivity index (χ1) is 8.29. The summed E-state index contributed by atoms with van der Waals surface area (Å²) in [4.78, 5) is 1.22. The van der Waals surface area contributed by atoms with Gasteiger partial charge in [-0.2, -0.15) is 0 Å². The van der Waals surface area contributed by atoms with E-state index in [1.165, 1.54) is 24.2 Å². The second kappa shape index (κ2) is 6.31. The summed E-state index contributed by atoms with van der Waals surface area (Å²) < 4.78 is 5.14. The maximum atomic E-state index is 10.1. The van der Waals surface area contributed by atoms with Crippen LogP contribution in [0.5, 0.6) is 5.75 Å². The quantitative estimate of drug-likeness (QED) is 0.835. The SMILES string of the molecule is COc1ccc(SC2CCCCCC2O)cc1. The number of aliphatic hydroxyl groups is 1. The van der Waals surface area contributed by atoms with Gasteiger partial charge < -0.3 is 9.84 Å². The Kier molecular flexibility index (Phi) is 4.75. The van der Waals surface area contributed by atoms with E-state index < -0.39 is 0 Å². The molecule has 1 saturated carbocycles. The predicted octanol–water partition coefficient (Wildman–Crippen LogP) is 3.48. The molecule has 0 aliphatic heterocycles. The van der Waals surface area contributed by atoms with Crippen LogP contribution in [0.4, 0.5) is 0 Å². The topological polar surface area (TPSA) is 29.5 Å². The molecule has 1 aliphatic rings. The standard InChI is InChI=1S/C14H20O2S/c1-16-11-7-9-12(10-8-11)17-14-6-4-2-3-5-13(14)15/h7-10,13-15H,2-6H2,1H3. The molecule has 1 aliphatic carbocycles. The third-order valence-electron chi connectivity index (χ3n) is 3.26. The fourth-order valence-electron chi connectivity index (χ4n) is 2.22. The normalized spacial score (nSPS) is 25.3. The van der Waals surface area contributed by atoms with Crippen LogP contribution in [0, 0.1) is 0 Å². The Bertz CT molecular complexity index is 337. The van der Waals surface area contributed by atoms with Crippen LogP contribution < -0.4 is 4.74 Å². The van der Waals surface area contributed by atoms with Crippen molar-refractivity contribution in [2.24, 2.45) is 0 Å². The van der Waals surface area contributed by atoms with Gasteiger partial charge in [0.15, 0.2) is 0 Å². The largest absolute Gasteiger partial charge is 0.497 e. The smallest absolute Gasteiger partial charge is 0.118 e. The molecule has 0 amide bonds. The van der Waals surface area contributed by atoms with Crippen LogP contribution in [0.3, 0.4) is 0 Å². The van der Waals surface area contributed by atoms with E-state index in [0.717, 1.165) is 18.6 Å². The van der Waals surface area contributed by atoms with E-state index >= 15 is 0 Å². The lowest BCUT2D eigenvalue weighted by Gasteiger charge is -2.19. The van der Waals surface area contributed by atoms with E-state index in [0.29, 0.717) is 5.25 Å². The Balaban J connectivity index is 1.98. The maximum absolute atomic E-state index is 10.1. The van der Waals surface area contributed by atoms with Crippen LogP contribution in [0.1, 0.15) is 32.1 Å². The number of aliphatic hydroxyl groups excluding tert-OH is 1. The molecule has 1 aromatic carbocycles. The highest BCUT2D eigenvalue weighted by Gasteiger charge is 2.22. The fraction of sp³-hybridized carbons (Fsp3) is 0.571. The molecule has 1 N–H and O–H groups in total. The van der Waals surface area contributed by atoms with Gasteiger partial charge in [-0.3, -0.25) is 0 Å². The van der Waals surface area contributed by atoms with Gasteiger partial charge in [0, 0.05) is 10.1 Å². The zero-order valence-corrected chi connectivity index (χ0v) is 11.1. The second-order valence-electron chi connectivity index (χ2n) is 4.54. The Morgan fingerprint density at radius 2 is 1.82 bits per heavy atom. The summed E-state index contributed by atoms with van der Waals surface area (Å²) in [7, 11) is 1.68. The van der Waals surface area contributed by atoms with Gasteiger partial charge >= 0.3 is 0 Å². The van der Waals surface area contributed by atoms with Crippen LogP contribution in [0.25, 0.3) is 0 Å². The van der Waals surface area contributed by atoms with E-state index in [1.807, 2.05) is 12.1 Å². The molecular formula is C14H20O2S. The third kappa shape index (κ3) is 3.65. The molecule has 3 heteroatoms. The molecule has 2 unspecified atom stereocenters. The summed E-state index contributed by atoms with van der Waals surface area (Å²) in [6.45, 7) is 0. The molecule has 0 spiro atoms. The lowest BCUT2D eigenvalue weighted by molar-refractivity contribution is 0.163. The summed E-state index contributed by atoms with van der Waals surface area (Å²) in [5.74, 6) is 0.885. The molecule has 0 radical (unpaired) electrons. The third-order valence-corrected chi connectivity index (χ3v) is 4.66. The minimum atomic E-state index is -0.149. The predicted molar refractivity (Wildman–Crippen MR) is 71.7 cm³/mol. The molecule has 0 aromatic heterocycles. The molecule has 0 saturated heterocycles. The summed E-state index contributed by atoms with van der Waals surface area (Å²) >= 11 is 1.80. The summed E-state index contributed by atoms with van der Waals surface area (Å²) in [6.07, 6.45) is 5.60. The van der Waals surface area contributed by atoms with Crippen LogP contribution in [-0.4, -0.2) is 23.6 Å². The van der Waals surface area contributed by atoms with Gasteiger partial charge in [-0.05, 0) is 37.1 Å². The summed E-state index contributed by atoms with van der Waals surface area (Å²) in [5.41, 5.74) is 0. The van der Waals surface area contributed by atoms with Crippen molar-refractivity contribution in [2.75, 3.05) is 7.11 Å². The minimum Gasteiger partial charge on any atom is -0.497 e. The first-order valence-corrected chi connectivity index (χ1v) is 7.16. The van der Waals surface area contributed by atoms with Crippen LogP contribution >= 0.6 is 11.8 Å². The Morgan fingerprint density at radius 3 is 2.53 bits per heavy atom. The monoisotopic (exact) mass is 252 g/mol. The molecule has 2 atom stereocenters. The lowest BCUT2D eigenvalue weighted by Crippen LogP contribution is -2.21. The molecule has 94 valence electrons. The van der Waals surface area contributed by atoms with Crippen molar-refractivity contribution in [3.8, 4) is 5.75 Å². The Hall–Kier alpha value is -0.670. The van der Waals surface area contributed by atoms with Gasteiger partial charge in [0.2, 0.25) is 0 Å². The van der Waals surface area contributed by atoms with Crippen molar-refractivity contribution < 1.29 is 9.84 Å². The summed E-state index contributed by atoms with van der Waals surface area (Å²) in [5, 5.41) is 10.4. The highest BCUT2D eigenvalue weighted by atomic mass is 32.2. The van der Waals surface area contributed by atoms with Gasteiger partial charge in [-0.1, -0.05) is 19.3 Å². The zero-order chi connectivity index (χ0) is 12.1. The number of benzene rings is 1. The number of hydrogen-bond donors (Lipinski definition) is 1. The van der Waals surface area contributed by atoms with Gasteiger partial charge in [0.25, 0.3) is 0 Å². The van der Waals surface area contributed by atoms with Crippen molar-refractivity contribution in [1.82, 2.24) is 0 Å². The molecule has 2 rings (SSSR count). The van der Waals surface area contributed by atoms with Crippen molar-refractivity contribution in [3.63, 3.8) is 0 Å². The number of rotatable bonds is 3. The van der Waals surface area contributed by atoms with Crippen molar-refractivity contribution in [2.45, 2.75) is 48.4 Å². The van der Waals surface area contributed by atoms with Gasteiger partial charge in [-0.15, -0.1) is 11.8 Å². The van der Waals surface area contributed by atoms with E-state index in [9.17, 15) is 5.11 Å². The highest BCUT2D eigenvalue weighted by Crippen LogP contribution is 2.33. The molecule has 0 bridgehead atoms. The van der Waals surface area contributed by atoms with Crippen molar-refractivity contribution >= 4 is 11.8 Å². The van der Waals surface area contributed by atoms with Crippen molar-refractivity contribution in [3.05, 3.63) is 24.3 Å². The van der Waals surface area contributed by atoms with E-state index in [1.54, 1.807) is 18.9 Å². The maximum Gasteiger partial charge on any atom is 0.118 e. The van der Waals surface area contributed by atoms with E-state index in [2.05, 4.69) is 12.1 Å². The highest BCUT2D eigenvalue weighted by molar-refractivity contribution is 8.00. The molecule has 1 aromatic rings. The lowest BCUT2D eigenvalue weighted by atomic mass is 10.1.